The third-order valence-corrected chi connectivity index (χ3v) is 2.89. The highest BCUT2D eigenvalue weighted by Gasteiger charge is 2.20. The van der Waals surface area contributed by atoms with E-state index in [2.05, 4.69) is 58.4 Å². The summed E-state index contributed by atoms with van der Waals surface area (Å²) >= 11 is 3.49. The normalized spacial score (nSPS) is 11.8. The third kappa shape index (κ3) is 2.19. The molecule has 2 aromatic rings. The van der Waals surface area contributed by atoms with Crippen molar-refractivity contribution < 1.29 is 0 Å². The fourth-order valence-corrected chi connectivity index (χ4v) is 2.08. The maximum absolute atomic E-state index is 4.44. The van der Waals surface area contributed by atoms with Crippen molar-refractivity contribution in [2.75, 3.05) is 0 Å². The summed E-state index contributed by atoms with van der Waals surface area (Å²) < 4.78 is 3.21. The molecule has 0 bridgehead atoms. The Morgan fingerprint density at radius 2 is 2.00 bits per heavy atom. The van der Waals surface area contributed by atoms with E-state index in [1.165, 1.54) is 0 Å². The first-order valence-corrected chi connectivity index (χ1v) is 6.07. The molecule has 16 heavy (non-hydrogen) atoms. The molecule has 0 aliphatic carbocycles. The van der Waals surface area contributed by atoms with Crippen molar-refractivity contribution >= 4 is 15.9 Å². The van der Waals surface area contributed by atoms with Gasteiger partial charge in [-0.05, 0) is 18.2 Å². The second-order valence-electron chi connectivity index (χ2n) is 4.85. The van der Waals surface area contributed by atoms with Gasteiger partial charge in [0.1, 0.15) is 5.82 Å². The molecular formula is C13H15BrN2. The number of benzene rings is 1. The van der Waals surface area contributed by atoms with Crippen molar-refractivity contribution in [1.29, 1.82) is 0 Å². The summed E-state index contributed by atoms with van der Waals surface area (Å²) in [5.74, 6) is 1.07. The van der Waals surface area contributed by atoms with Crippen LogP contribution in [0.2, 0.25) is 0 Å². The van der Waals surface area contributed by atoms with Crippen molar-refractivity contribution in [2.24, 2.45) is 0 Å². The minimum absolute atomic E-state index is 0.0474. The molecule has 0 saturated carbocycles. The molecule has 1 heterocycles. The molecule has 0 unspecified atom stereocenters. The molecule has 0 spiro atoms. The van der Waals surface area contributed by atoms with Crippen molar-refractivity contribution in [3.05, 3.63) is 47.0 Å². The predicted molar refractivity (Wildman–Crippen MR) is 70.0 cm³/mol. The zero-order chi connectivity index (χ0) is 11.8. The summed E-state index contributed by atoms with van der Waals surface area (Å²) in [6.07, 6.45) is 3.85. The van der Waals surface area contributed by atoms with Crippen LogP contribution in [0.3, 0.4) is 0 Å². The van der Waals surface area contributed by atoms with Gasteiger partial charge in [0.2, 0.25) is 0 Å². The lowest BCUT2D eigenvalue weighted by Gasteiger charge is -2.19. The average molecular weight is 279 g/mol. The molecule has 0 aliphatic rings. The molecule has 1 aromatic heterocycles. The predicted octanol–water partition coefficient (Wildman–Crippen LogP) is 3.93. The van der Waals surface area contributed by atoms with Crippen LogP contribution in [-0.2, 0) is 5.41 Å². The Morgan fingerprint density at radius 3 is 2.62 bits per heavy atom. The van der Waals surface area contributed by atoms with Gasteiger partial charge in [0.15, 0.2) is 0 Å². The summed E-state index contributed by atoms with van der Waals surface area (Å²) in [4.78, 5) is 4.44. The van der Waals surface area contributed by atoms with Crippen molar-refractivity contribution in [3.8, 4) is 5.69 Å². The van der Waals surface area contributed by atoms with Gasteiger partial charge in [-0.3, -0.25) is 0 Å². The Labute approximate surface area is 104 Å². The molecule has 3 heteroatoms. The molecule has 84 valence electrons. The molecule has 0 saturated heterocycles. The van der Waals surface area contributed by atoms with Gasteiger partial charge in [-0.15, -0.1) is 0 Å². The molecule has 0 N–H and O–H groups in total. The largest absolute Gasteiger partial charge is 0.303 e. The number of halogens is 1. The van der Waals surface area contributed by atoms with Crippen LogP contribution in [0, 0.1) is 0 Å². The molecule has 0 radical (unpaired) electrons. The van der Waals surface area contributed by atoms with Crippen LogP contribution in [-0.4, -0.2) is 9.55 Å². The van der Waals surface area contributed by atoms with Gasteiger partial charge in [0.05, 0.1) is 0 Å². The van der Waals surface area contributed by atoms with Gasteiger partial charge >= 0.3 is 0 Å². The SMILES string of the molecule is CC(C)(C)c1nccn1-c1cccc(Br)c1. The quantitative estimate of drug-likeness (QED) is 0.773. The van der Waals surface area contributed by atoms with E-state index in [4.69, 9.17) is 0 Å². The van der Waals surface area contributed by atoms with E-state index in [9.17, 15) is 0 Å². The maximum Gasteiger partial charge on any atom is 0.118 e. The van der Waals surface area contributed by atoms with Crippen LogP contribution >= 0.6 is 15.9 Å². The van der Waals surface area contributed by atoms with Gasteiger partial charge in [-0.2, -0.15) is 0 Å². The van der Waals surface area contributed by atoms with E-state index < -0.39 is 0 Å². The van der Waals surface area contributed by atoms with Crippen LogP contribution in [0.4, 0.5) is 0 Å². The van der Waals surface area contributed by atoms with Crippen molar-refractivity contribution in [1.82, 2.24) is 9.55 Å². The third-order valence-electron chi connectivity index (χ3n) is 2.40. The summed E-state index contributed by atoms with van der Waals surface area (Å²) in [6.45, 7) is 6.51. The van der Waals surface area contributed by atoms with Crippen LogP contribution in [0.15, 0.2) is 41.1 Å². The van der Waals surface area contributed by atoms with Crippen LogP contribution < -0.4 is 0 Å². The Kier molecular flexibility index (Phi) is 2.89. The lowest BCUT2D eigenvalue weighted by atomic mass is 9.95. The number of rotatable bonds is 1. The molecule has 2 nitrogen and oxygen atoms in total. The van der Waals surface area contributed by atoms with E-state index in [-0.39, 0.29) is 5.41 Å². The van der Waals surface area contributed by atoms with Crippen molar-refractivity contribution in [2.45, 2.75) is 26.2 Å². The van der Waals surface area contributed by atoms with Crippen LogP contribution in [0.25, 0.3) is 5.69 Å². The minimum Gasteiger partial charge on any atom is -0.303 e. The van der Waals surface area contributed by atoms with Gasteiger partial charge in [0.25, 0.3) is 0 Å². The fraction of sp³-hybridized carbons (Fsp3) is 0.308. The lowest BCUT2D eigenvalue weighted by molar-refractivity contribution is 0.536. The Bertz CT molecular complexity index is 495. The van der Waals surface area contributed by atoms with E-state index in [0.29, 0.717) is 0 Å². The number of hydrogen-bond acceptors (Lipinski definition) is 1. The number of nitrogens with zero attached hydrogens (tertiary/aromatic N) is 2. The fourth-order valence-electron chi connectivity index (χ4n) is 1.69. The second kappa shape index (κ2) is 4.06. The maximum atomic E-state index is 4.44. The Morgan fingerprint density at radius 1 is 1.25 bits per heavy atom. The second-order valence-corrected chi connectivity index (χ2v) is 5.77. The van der Waals surface area contributed by atoms with E-state index >= 15 is 0 Å². The highest BCUT2D eigenvalue weighted by atomic mass is 79.9. The molecular weight excluding hydrogens is 264 g/mol. The minimum atomic E-state index is 0.0474. The van der Waals surface area contributed by atoms with E-state index in [1.807, 2.05) is 24.5 Å². The zero-order valence-electron chi connectivity index (χ0n) is 9.74. The Balaban J connectivity index is 2.53. The van der Waals surface area contributed by atoms with E-state index in [0.717, 1.165) is 16.0 Å². The summed E-state index contributed by atoms with van der Waals surface area (Å²) in [5.41, 5.74) is 1.18. The molecule has 0 fully saturated rings. The zero-order valence-corrected chi connectivity index (χ0v) is 11.3. The summed E-state index contributed by atoms with van der Waals surface area (Å²) in [5, 5.41) is 0. The molecule has 0 amide bonds. The molecule has 0 atom stereocenters. The Hall–Kier alpha value is -1.09. The number of hydrogen-bond donors (Lipinski definition) is 0. The standard InChI is InChI=1S/C13H15BrN2/c1-13(2,3)12-15-7-8-16(12)11-6-4-5-10(14)9-11/h4-9H,1-3H3. The van der Waals surface area contributed by atoms with Gasteiger partial charge < -0.3 is 4.57 Å². The summed E-state index contributed by atoms with van der Waals surface area (Å²) in [6, 6.07) is 8.24. The van der Waals surface area contributed by atoms with Gasteiger partial charge in [-0.1, -0.05) is 42.8 Å². The van der Waals surface area contributed by atoms with E-state index in [1.54, 1.807) is 0 Å². The molecule has 0 aliphatic heterocycles. The van der Waals surface area contributed by atoms with Gasteiger partial charge in [0, 0.05) is 28.0 Å². The average Bonchev–Trinajstić information content (AvgIpc) is 2.65. The van der Waals surface area contributed by atoms with Crippen molar-refractivity contribution in [3.63, 3.8) is 0 Å². The first-order valence-electron chi connectivity index (χ1n) is 5.28. The number of imidazole rings is 1. The van der Waals surface area contributed by atoms with Crippen LogP contribution in [0.1, 0.15) is 26.6 Å². The molecule has 1 aromatic carbocycles. The highest BCUT2D eigenvalue weighted by Crippen LogP contribution is 2.24. The highest BCUT2D eigenvalue weighted by molar-refractivity contribution is 9.10. The van der Waals surface area contributed by atoms with Gasteiger partial charge in [-0.25, -0.2) is 4.98 Å². The number of aromatic nitrogens is 2. The smallest absolute Gasteiger partial charge is 0.118 e. The monoisotopic (exact) mass is 278 g/mol. The van der Waals surface area contributed by atoms with Crippen LogP contribution in [0.5, 0.6) is 0 Å². The topological polar surface area (TPSA) is 17.8 Å². The molecule has 2 rings (SSSR count). The summed E-state index contributed by atoms with van der Waals surface area (Å²) in [7, 11) is 0. The first kappa shape index (κ1) is 11.4. The first-order chi connectivity index (χ1) is 7.48. The lowest BCUT2D eigenvalue weighted by Crippen LogP contribution is -2.17.